The molecule has 0 saturated heterocycles. The van der Waals surface area contributed by atoms with Crippen molar-refractivity contribution in [2.24, 2.45) is 0 Å². The van der Waals surface area contributed by atoms with Crippen LogP contribution in [0.25, 0.3) is 6.08 Å². The lowest BCUT2D eigenvalue weighted by Gasteiger charge is -2.15. The minimum atomic E-state index is -4.55. The highest BCUT2D eigenvalue weighted by atomic mass is 35.5. The second kappa shape index (κ2) is 14.2. The molecule has 0 aliphatic carbocycles. The second-order valence-corrected chi connectivity index (χ2v) is 11.1. The molecule has 3 N–H and O–H groups in total. The summed E-state index contributed by atoms with van der Waals surface area (Å²) in [5.74, 6) is -2.61. The first-order chi connectivity index (χ1) is 20.9. The Bertz CT molecular complexity index is 1690. The third-order valence-electron chi connectivity index (χ3n) is 6.05. The Morgan fingerprint density at radius 2 is 1.50 bits per heavy atom. The summed E-state index contributed by atoms with van der Waals surface area (Å²) in [4.78, 5) is 39.5. The third kappa shape index (κ3) is 8.71. The predicted molar refractivity (Wildman–Crippen MR) is 164 cm³/mol. The molecule has 0 aliphatic rings. The number of halogens is 5. The maximum Gasteiger partial charge on any atom is 0.416 e. The summed E-state index contributed by atoms with van der Waals surface area (Å²) in [5, 5.41) is 6.95. The van der Waals surface area contributed by atoms with Gasteiger partial charge in [0.2, 0.25) is 5.91 Å². The van der Waals surface area contributed by atoms with Crippen LogP contribution in [0.2, 0.25) is 5.02 Å². The molecule has 0 radical (unpaired) electrons. The van der Waals surface area contributed by atoms with Gasteiger partial charge in [-0.2, -0.15) is 13.2 Å². The van der Waals surface area contributed by atoms with Crippen molar-refractivity contribution in [1.82, 2.24) is 5.32 Å². The molecular formula is C32H24ClF4N3O3S. The van der Waals surface area contributed by atoms with Crippen LogP contribution in [0.4, 0.5) is 28.9 Å². The van der Waals surface area contributed by atoms with E-state index in [1.54, 1.807) is 61.5 Å². The van der Waals surface area contributed by atoms with Crippen LogP contribution in [0.15, 0.2) is 108 Å². The van der Waals surface area contributed by atoms with E-state index >= 15 is 0 Å². The third-order valence-corrected chi connectivity index (χ3v) is 7.47. The molecular weight excluding hydrogens is 618 g/mol. The standard InChI is InChI=1S/C32H24ClF4N3O3S/c1-19(29(41)38-22-11-5-10-21(16-22)32(35,36)37)44-24-13-6-12-23(17-24)39-31(43)28(18-25-26(33)14-7-15-27(25)34)40-30(42)20-8-3-2-4-9-20/h2-19H,1H3,(H,38,41)(H,39,43)(H,40,42)/b28-18+. The van der Waals surface area contributed by atoms with Gasteiger partial charge < -0.3 is 16.0 Å². The Morgan fingerprint density at radius 1 is 0.841 bits per heavy atom. The van der Waals surface area contributed by atoms with E-state index in [9.17, 15) is 31.9 Å². The van der Waals surface area contributed by atoms with Gasteiger partial charge >= 0.3 is 6.18 Å². The number of anilines is 2. The topological polar surface area (TPSA) is 87.3 Å². The molecule has 0 aliphatic heterocycles. The summed E-state index contributed by atoms with van der Waals surface area (Å²) in [6.45, 7) is 1.58. The first-order valence-electron chi connectivity index (χ1n) is 13.0. The highest BCUT2D eigenvalue weighted by Gasteiger charge is 2.30. The van der Waals surface area contributed by atoms with Crippen molar-refractivity contribution < 1.29 is 31.9 Å². The fourth-order valence-electron chi connectivity index (χ4n) is 3.86. The number of amides is 3. The molecule has 0 aromatic heterocycles. The Hall–Kier alpha value is -4.61. The molecule has 0 spiro atoms. The Morgan fingerprint density at radius 3 is 2.18 bits per heavy atom. The molecule has 4 aromatic rings. The minimum absolute atomic E-state index is 0.00473. The van der Waals surface area contributed by atoms with Gasteiger partial charge in [-0.1, -0.05) is 48.0 Å². The highest BCUT2D eigenvalue weighted by Crippen LogP contribution is 2.31. The molecule has 0 saturated carbocycles. The predicted octanol–water partition coefficient (Wildman–Crippen LogP) is 8.03. The zero-order chi connectivity index (χ0) is 31.9. The van der Waals surface area contributed by atoms with Crippen LogP contribution in [0.1, 0.15) is 28.4 Å². The lowest BCUT2D eigenvalue weighted by atomic mass is 10.1. The number of rotatable bonds is 9. The Kier molecular flexibility index (Phi) is 10.5. The van der Waals surface area contributed by atoms with E-state index in [1.165, 1.54) is 24.3 Å². The first kappa shape index (κ1) is 32.3. The van der Waals surface area contributed by atoms with Crippen molar-refractivity contribution in [1.29, 1.82) is 0 Å². The fraction of sp³-hybridized carbons (Fsp3) is 0.0938. The molecule has 4 aromatic carbocycles. The van der Waals surface area contributed by atoms with Crippen LogP contribution in [0.3, 0.4) is 0 Å². The number of nitrogens with one attached hydrogen (secondary N) is 3. The molecule has 0 heterocycles. The van der Waals surface area contributed by atoms with E-state index in [2.05, 4.69) is 16.0 Å². The normalized spacial score (nSPS) is 12.3. The first-order valence-corrected chi connectivity index (χ1v) is 14.2. The molecule has 226 valence electrons. The van der Waals surface area contributed by atoms with Gasteiger partial charge in [0, 0.05) is 27.4 Å². The molecule has 0 fully saturated rings. The largest absolute Gasteiger partial charge is 0.416 e. The van der Waals surface area contributed by atoms with Crippen molar-refractivity contribution in [3.8, 4) is 0 Å². The van der Waals surface area contributed by atoms with Crippen molar-refractivity contribution in [2.75, 3.05) is 10.6 Å². The molecule has 4 rings (SSSR count). The molecule has 6 nitrogen and oxygen atoms in total. The number of carbonyl (C=O) groups is 3. The van der Waals surface area contributed by atoms with E-state index in [0.717, 1.165) is 36.0 Å². The van der Waals surface area contributed by atoms with E-state index in [4.69, 9.17) is 11.6 Å². The smallest absolute Gasteiger partial charge is 0.325 e. The van der Waals surface area contributed by atoms with Gasteiger partial charge in [0.1, 0.15) is 11.5 Å². The van der Waals surface area contributed by atoms with Crippen LogP contribution < -0.4 is 16.0 Å². The molecule has 1 unspecified atom stereocenters. The number of hydrogen-bond donors (Lipinski definition) is 3. The highest BCUT2D eigenvalue weighted by molar-refractivity contribution is 8.00. The van der Waals surface area contributed by atoms with Gasteiger partial charge in [-0.3, -0.25) is 14.4 Å². The molecule has 3 amide bonds. The number of alkyl halides is 3. The van der Waals surface area contributed by atoms with Crippen LogP contribution in [-0.2, 0) is 15.8 Å². The van der Waals surface area contributed by atoms with Crippen molar-refractivity contribution in [3.63, 3.8) is 0 Å². The van der Waals surface area contributed by atoms with Gasteiger partial charge in [0.25, 0.3) is 11.8 Å². The summed E-state index contributed by atoms with van der Waals surface area (Å²) in [5.41, 5.74) is -0.697. The number of carbonyl (C=O) groups excluding carboxylic acids is 3. The lowest BCUT2D eigenvalue weighted by Crippen LogP contribution is -2.30. The van der Waals surface area contributed by atoms with Crippen molar-refractivity contribution in [3.05, 3.63) is 130 Å². The maximum absolute atomic E-state index is 14.6. The van der Waals surface area contributed by atoms with Gasteiger partial charge in [0.05, 0.1) is 15.8 Å². The van der Waals surface area contributed by atoms with Gasteiger partial charge in [-0.25, -0.2) is 4.39 Å². The fourth-order valence-corrected chi connectivity index (χ4v) is 5.00. The Labute approximate surface area is 259 Å². The summed E-state index contributed by atoms with van der Waals surface area (Å²) < 4.78 is 53.6. The Balaban J connectivity index is 1.50. The minimum Gasteiger partial charge on any atom is -0.325 e. The van der Waals surface area contributed by atoms with E-state index < -0.39 is 40.5 Å². The molecule has 1 atom stereocenters. The van der Waals surface area contributed by atoms with Crippen LogP contribution >= 0.6 is 23.4 Å². The van der Waals surface area contributed by atoms with Gasteiger partial charge in [0.15, 0.2) is 0 Å². The maximum atomic E-state index is 14.6. The molecule has 12 heteroatoms. The monoisotopic (exact) mass is 641 g/mol. The second-order valence-electron chi connectivity index (χ2n) is 9.32. The SMILES string of the molecule is CC(Sc1cccc(NC(=O)/C(=C\c2c(F)cccc2Cl)NC(=O)c2ccccc2)c1)C(=O)Nc1cccc(C(F)(F)F)c1. The van der Waals surface area contributed by atoms with Crippen LogP contribution in [-0.4, -0.2) is 23.0 Å². The number of benzene rings is 4. The quantitative estimate of drug-likeness (QED) is 0.0981. The van der Waals surface area contributed by atoms with E-state index in [1.807, 2.05) is 0 Å². The van der Waals surface area contributed by atoms with Crippen LogP contribution in [0.5, 0.6) is 0 Å². The average Bonchev–Trinajstić information content (AvgIpc) is 2.98. The summed E-state index contributed by atoms with van der Waals surface area (Å²) in [6.07, 6.45) is -3.42. The van der Waals surface area contributed by atoms with E-state index in [-0.39, 0.29) is 27.5 Å². The van der Waals surface area contributed by atoms with Crippen molar-refractivity contribution in [2.45, 2.75) is 23.2 Å². The van der Waals surface area contributed by atoms with Gasteiger partial charge in [-0.15, -0.1) is 11.8 Å². The lowest BCUT2D eigenvalue weighted by molar-refractivity contribution is -0.137. The van der Waals surface area contributed by atoms with Crippen LogP contribution in [0, 0.1) is 5.82 Å². The molecule has 44 heavy (non-hydrogen) atoms. The van der Waals surface area contributed by atoms with Gasteiger partial charge in [-0.05, 0) is 73.7 Å². The zero-order valence-corrected chi connectivity index (χ0v) is 24.5. The zero-order valence-electron chi connectivity index (χ0n) is 22.9. The molecule has 0 bridgehead atoms. The summed E-state index contributed by atoms with van der Waals surface area (Å²) in [7, 11) is 0. The number of thioether (sulfide) groups is 1. The summed E-state index contributed by atoms with van der Waals surface area (Å²) >= 11 is 7.26. The van der Waals surface area contributed by atoms with Crippen molar-refractivity contribution >= 4 is 58.5 Å². The average molecular weight is 642 g/mol. The summed E-state index contributed by atoms with van der Waals surface area (Å²) in [6, 6.07) is 22.9. The van der Waals surface area contributed by atoms with E-state index in [0.29, 0.717) is 10.6 Å². The number of hydrogen-bond acceptors (Lipinski definition) is 4.